The topological polar surface area (TPSA) is 131 Å². The van der Waals surface area contributed by atoms with Crippen LogP contribution in [0.3, 0.4) is 0 Å². The van der Waals surface area contributed by atoms with Gasteiger partial charge in [-0.25, -0.2) is 24.9 Å². The first kappa shape index (κ1) is 21.0. The fourth-order valence-electron chi connectivity index (χ4n) is 4.04. The molecule has 10 heteroatoms. The number of carbonyl (C=O) groups excluding carboxylic acids is 2. The van der Waals surface area contributed by atoms with Gasteiger partial charge < -0.3 is 24.5 Å². The number of fused-ring (bicyclic) bond motifs is 2. The Morgan fingerprint density at radius 1 is 1.18 bits per heavy atom. The van der Waals surface area contributed by atoms with Gasteiger partial charge in [0, 0.05) is 29.8 Å². The van der Waals surface area contributed by atoms with Crippen LogP contribution in [0.4, 0.5) is 15.3 Å². The summed E-state index contributed by atoms with van der Waals surface area (Å²) in [5.41, 5.74) is 9.34. The third-order valence-electron chi connectivity index (χ3n) is 5.49. The zero-order valence-corrected chi connectivity index (χ0v) is 18.7. The van der Waals surface area contributed by atoms with Gasteiger partial charge >= 0.3 is 12.2 Å². The van der Waals surface area contributed by atoms with E-state index in [-0.39, 0.29) is 5.88 Å². The van der Waals surface area contributed by atoms with E-state index in [2.05, 4.69) is 19.9 Å². The van der Waals surface area contributed by atoms with E-state index < -0.39 is 17.8 Å². The summed E-state index contributed by atoms with van der Waals surface area (Å²) in [4.78, 5) is 33.1. The first-order chi connectivity index (χ1) is 15.7. The molecule has 0 bridgehead atoms. The zero-order valence-electron chi connectivity index (χ0n) is 18.7. The number of nitrogens with two attached hydrogens (primary N) is 1. The van der Waals surface area contributed by atoms with E-state index in [1.54, 1.807) is 26.8 Å². The fraction of sp³-hybridized carbons (Fsp3) is 0.391. The van der Waals surface area contributed by atoms with Crippen molar-refractivity contribution in [3.8, 4) is 22.8 Å². The summed E-state index contributed by atoms with van der Waals surface area (Å²) in [5, 5.41) is 2.66. The van der Waals surface area contributed by atoms with Crippen molar-refractivity contribution in [2.45, 2.75) is 51.7 Å². The molecule has 0 spiro atoms. The number of benzene rings is 1. The van der Waals surface area contributed by atoms with Gasteiger partial charge in [0.2, 0.25) is 5.88 Å². The van der Waals surface area contributed by atoms with Crippen LogP contribution in [0.5, 0.6) is 11.6 Å². The van der Waals surface area contributed by atoms with Gasteiger partial charge in [0.15, 0.2) is 0 Å². The van der Waals surface area contributed by atoms with Crippen molar-refractivity contribution in [2.75, 3.05) is 12.3 Å². The van der Waals surface area contributed by atoms with Crippen molar-refractivity contribution in [3.63, 3.8) is 0 Å². The molecule has 1 aromatic carbocycles. The standard InChI is InChI=1S/C23H25N5O5/c1-23(2,3)33-22(30)27-21(29)32-20-17-15(10-28(12-4-5-12)19(17)25-11-26-20)13-6-7-16(24)18-14(13)8-9-31-18/h6-7,10-12H,4-5,8-9,24H2,1-3H3,(H,27,29,30). The molecule has 1 fully saturated rings. The molecule has 0 saturated heterocycles. The minimum absolute atomic E-state index is 0.0555. The Kier molecular flexibility index (Phi) is 4.88. The molecule has 3 aromatic rings. The Morgan fingerprint density at radius 3 is 2.70 bits per heavy atom. The third kappa shape index (κ3) is 4.04. The van der Waals surface area contributed by atoms with E-state index in [1.165, 1.54) is 6.33 Å². The molecule has 33 heavy (non-hydrogen) atoms. The fourth-order valence-corrected chi connectivity index (χ4v) is 4.04. The first-order valence-electron chi connectivity index (χ1n) is 10.8. The molecular formula is C23H25N5O5. The molecule has 1 aliphatic carbocycles. The van der Waals surface area contributed by atoms with E-state index >= 15 is 0 Å². The molecule has 5 rings (SSSR count). The van der Waals surface area contributed by atoms with Crippen LogP contribution in [0.1, 0.15) is 45.2 Å². The highest BCUT2D eigenvalue weighted by atomic mass is 16.6. The summed E-state index contributed by atoms with van der Waals surface area (Å²) in [7, 11) is 0. The number of nitrogen functional groups attached to an aromatic ring is 1. The second-order valence-corrected chi connectivity index (χ2v) is 9.18. The summed E-state index contributed by atoms with van der Waals surface area (Å²) in [6.45, 7) is 5.66. The molecule has 172 valence electrons. The minimum Gasteiger partial charge on any atom is -0.491 e. The number of imide groups is 1. The van der Waals surface area contributed by atoms with Crippen molar-refractivity contribution < 1.29 is 23.8 Å². The molecule has 3 heterocycles. The number of hydrogen-bond donors (Lipinski definition) is 2. The normalized spacial score (nSPS) is 15.1. The number of carbonyl (C=O) groups is 2. The number of hydrogen-bond acceptors (Lipinski definition) is 8. The lowest BCUT2D eigenvalue weighted by Gasteiger charge is -2.19. The molecule has 2 amide bonds. The summed E-state index contributed by atoms with van der Waals surface area (Å²) in [6.07, 6.45) is 4.28. The van der Waals surface area contributed by atoms with Gasteiger partial charge in [-0.1, -0.05) is 6.07 Å². The van der Waals surface area contributed by atoms with E-state index in [9.17, 15) is 9.59 Å². The lowest BCUT2D eigenvalue weighted by molar-refractivity contribution is 0.0533. The van der Waals surface area contributed by atoms with Crippen molar-refractivity contribution in [1.29, 1.82) is 0 Å². The number of nitrogens with one attached hydrogen (secondary N) is 1. The number of rotatable bonds is 3. The van der Waals surface area contributed by atoms with Crippen molar-refractivity contribution >= 4 is 28.9 Å². The predicted octanol–water partition coefficient (Wildman–Crippen LogP) is 3.97. The van der Waals surface area contributed by atoms with Crippen LogP contribution >= 0.6 is 0 Å². The molecule has 10 nitrogen and oxygen atoms in total. The van der Waals surface area contributed by atoms with Gasteiger partial charge in [-0.3, -0.25) is 0 Å². The smallest absolute Gasteiger partial charge is 0.423 e. The summed E-state index contributed by atoms with van der Waals surface area (Å²) >= 11 is 0. The van der Waals surface area contributed by atoms with Gasteiger partial charge in [0.1, 0.15) is 23.3 Å². The molecule has 2 aromatic heterocycles. The summed E-state index contributed by atoms with van der Waals surface area (Å²) < 4.78 is 18.4. The average Bonchev–Trinajstić information content (AvgIpc) is 3.30. The number of amides is 2. The average molecular weight is 451 g/mol. The molecule has 0 atom stereocenters. The molecule has 3 N–H and O–H groups in total. The van der Waals surface area contributed by atoms with Crippen LogP contribution in [0.15, 0.2) is 24.7 Å². The quantitative estimate of drug-likeness (QED) is 0.572. The highest BCUT2D eigenvalue weighted by molar-refractivity contribution is 6.01. The Labute approximate surface area is 190 Å². The number of anilines is 1. The molecule has 0 radical (unpaired) electrons. The summed E-state index contributed by atoms with van der Waals surface area (Å²) in [6, 6.07) is 4.07. The van der Waals surface area contributed by atoms with Crippen LogP contribution in [0.25, 0.3) is 22.2 Å². The van der Waals surface area contributed by atoms with Gasteiger partial charge in [0.25, 0.3) is 0 Å². The highest BCUT2D eigenvalue weighted by Gasteiger charge is 2.31. The van der Waals surface area contributed by atoms with Crippen LogP contribution in [0.2, 0.25) is 0 Å². The largest absolute Gasteiger partial charge is 0.491 e. The minimum atomic E-state index is -0.986. The zero-order chi connectivity index (χ0) is 23.3. The Hall–Kier alpha value is -3.82. The number of nitrogens with zero attached hydrogens (tertiary/aromatic N) is 3. The third-order valence-corrected chi connectivity index (χ3v) is 5.49. The molecule has 2 aliphatic rings. The molecule has 0 unspecified atom stereocenters. The first-order valence-corrected chi connectivity index (χ1v) is 10.8. The van der Waals surface area contributed by atoms with Crippen LogP contribution in [-0.4, -0.2) is 38.9 Å². The predicted molar refractivity (Wildman–Crippen MR) is 120 cm³/mol. The molecular weight excluding hydrogens is 426 g/mol. The van der Waals surface area contributed by atoms with Gasteiger partial charge in [-0.15, -0.1) is 0 Å². The van der Waals surface area contributed by atoms with Gasteiger partial charge in [0.05, 0.1) is 17.7 Å². The molecule has 1 saturated carbocycles. The maximum atomic E-state index is 12.4. The maximum Gasteiger partial charge on any atom is 0.423 e. The molecule has 1 aliphatic heterocycles. The van der Waals surface area contributed by atoms with Crippen molar-refractivity contribution in [1.82, 2.24) is 19.9 Å². The number of ether oxygens (including phenoxy) is 3. The second-order valence-electron chi connectivity index (χ2n) is 9.18. The SMILES string of the molecule is CC(C)(C)OC(=O)NC(=O)Oc1ncnc2c1c(-c1ccc(N)c3c1CCO3)cn2C1CC1. The van der Waals surface area contributed by atoms with Gasteiger partial charge in [-0.2, -0.15) is 0 Å². The van der Waals surface area contributed by atoms with Crippen LogP contribution in [-0.2, 0) is 11.2 Å². The van der Waals surface area contributed by atoms with E-state index in [1.807, 2.05) is 12.3 Å². The van der Waals surface area contributed by atoms with Gasteiger partial charge in [-0.05, 0) is 45.2 Å². The second kappa shape index (κ2) is 7.65. The van der Waals surface area contributed by atoms with E-state index in [4.69, 9.17) is 19.9 Å². The Morgan fingerprint density at radius 2 is 1.97 bits per heavy atom. The van der Waals surface area contributed by atoms with Crippen LogP contribution < -0.4 is 20.5 Å². The van der Waals surface area contributed by atoms with Crippen molar-refractivity contribution in [2.24, 2.45) is 0 Å². The number of alkyl carbamates (subject to hydrolysis) is 1. The summed E-state index contributed by atoms with van der Waals surface area (Å²) in [5.74, 6) is 0.738. The highest BCUT2D eigenvalue weighted by Crippen LogP contribution is 2.46. The van der Waals surface area contributed by atoms with E-state index in [0.29, 0.717) is 35.1 Å². The van der Waals surface area contributed by atoms with Crippen molar-refractivity contribution in [3.05, 3.63) is 30.2 Å². The lowest BCUT2D eigenvalue weighted by atomic mass is 9.97. The van der Waals surface area contributed by atoms with Crippen LogP contribution in [0, 0.1) is 0 Å². The van der Waals surface area contributed by atoms with E-state index in [0.717, 1.165) is 36.0 Å². The Bertz CT molecular complexity index is 1270. The monoisotopic (exact) mass is 451 g/mol. The Balaban J connectivity index is 1.56. The maximum absolute atomic E-state index is 12.4. The number of aromatic nitrogens is 3. The lowest BCUT2D eigenvalue weighted by Crippen LogP contribution is -2.38.